The second kappa shape index (κ2) is 6.46. The lowest BCUT2D eigenvalue weighted by atomic mass is 10.1. The van der Waals surface area contributed by atoms with E-state index in [2.05, 4.69) is 37.1 Å². The third-order valence-electron chi connectivity index (χ3n) is 3.37. The minimum atomic E-state index is -0.655. The normalized spacial score (nSPS) is 17.5. The zero-order valence-corrected chi connectivity index (χ0v) is 14.0. The Kier molecular flexibility index (Phi) is 5.10. The minimum absolute atomic E-state index is 0.0836. The lowest BCUT2D eigenvalue weighted by Gasteiger charge is -2.31. The molecule has 0 unspecified atom stereocenters. The van der Waals surface area contributed by atoms with Crippen molar-refractivity contribution < 1.29 is 4.21 Å². The van der Waals surface area contributed by atoms with Gasteiger partial charge in [-0.15, -0.1) is 0 Å². The molecule has 0 bridgehead atoms. The molecule has 0 aliphatic carbocycles. The Morgan fingerprint density at radius 2 is 1.95 bits per heavy atom. The second-order valence-electron chi connectivity index (χ2n) is 6.21. The number of halogens is 1. The summed E-state index contributed by atoms with van der Waals surface area (Å²) < 4.78 is 11.5. The minimum Gasteiger partial charge on any atom is -0.369 e. The van der Waals surface area contributed by atoms with E-state index in [0.717, 1.165) is 36.2 Å². The van der Waals surface area contributed by atoms with Crippen molar-refractivity contribution in [2.75, 3.05) is 29.5 Å². The number of nitrogens with zero attached hydrogens (tertiary/aromatic N) is 1. The molecule has 1 saturated heterocycles. The van der Waals surface area contributed by atoms with Gasteiger partial charge in [-0.1, -0.05) is 17.7 Å². The van der Waals surface area contributed by atoms with Crippen molar-refractivity contribution in [1.82, 2.24) is 5.32 Å². The summed E-state index contributed by atoms with van der Waals surface area (Å²) in [6, 6.07) is 6.05. The lowest BCUT2D eigenvalue weighted by molar-refractivity contribution is 0.424. The number of benzene rings is 1. The second-order valence-corrected chi connectivity index (χ2v) is 8.34. The van der Waals surface area contributed by atoms with Gasteiger partial charge in [0, 0.05) is 58.2 Å². The van der Waals surface area contributed by atoms with Crippen LogP contribution in [0.15, 0.2) is 18.2 Å². The molecular formula is C15H23ClN2OS. The summed E-state index contributed by atoms with van der Waals surface area (Å²) >= 11 is 6.15. The highest BCUT2D eigenvalue weighted by atomic mass is 35.5. The Labute approximate surface area is 129 Å². The molecule has 1 aliphatic heterocycles. The van der Waals surface area contributed by atoms with E-state index in [4.69, 9.17) is 11.6 Å². The summed E-state index contributed by atoms with van der Waals surface area (Å²) in [6.07, 6.45) is 0. The molecule has 1 N–H and O–H groups in total. The SMILES string of the molecule is CC(C)(C)NCc1ccc(Cl)cc1N1CCS(=O)CC1. The van der Waals surface area contributed by atoms with E-state index in [-0.39, 0.29) is 5.54 Å². The largest absolute Gasteiger partial charge is 0.369 e. The molecule has 112 valence electrons. The standard InChI is InChI=1S/C15H23ClN2OS/c1-15(2,3)17-11-12-4-5-13(16)10-14(12)18-6-8-20(19)9-7-18/h4-5,10,17H,6-9,11H2,1-3H3. The van der Waals surface area contributed by atoms with Crippen LogP contribution in [-0.2, 0) is 17.3 Å². The fourth-order valence-corrected chi connectivity index (χ4v) is 3.44. The Morgan fingerprint density at radius 3 is 2.55 bits per heavy atom. The molecular weight excluding hydrogens is 292 g/mol. The molecule has 0 radical (unpaired) electrons. The maximum Gasteiger partial charge on any atom is 0.0427 e. The van der Waals surface area contributed by atoms with Crippen LogP contribution in [0.5, 0.6) is 0 Å². The number of rotatable bonds is 3. The molecule has 20 heavy (non-hydrogen) atoms. The van der Waals surface area contributed by atoms with Gasteiger partial charge in [0.1, 0.15) is 0 Å². The van der Waals surface area contributed by atoms with Gasteiger partial charge in [-0.2, -0.15) is 0 Å². The van der Waals surface area contributed by atoms with Crippen LogP contribution < -0.4 is 10.2 Å². The number of anilines is 1. The highest BCUT2D eigenvalue weighted by molar-refractivity contribution is 7.85. The quantitative estimate of drug-likeness (QED) is 0.931. The van der Waals surface area contributed by atoms with Gasteiger partial charge in [0.2, 0.25) is 0 Å². The molecule has 1 heterocycles. The Bertz CT molecular complexity index is 489. The topological polar surface area (TPSA) is 32.3 Å². The van der Waals surface area contributed by atoms with Crippen molar-refractivity contribution >= 4 is 28.1 Å². The average molecular weight is 315 g/mol. The van der Waals surface area contributed by atoms with Gasteiger partial charge in [0.15, 0.2) is 0 Å². The summed E-state index contributed by atoms with van der Waals surface area (Å²) in [4.78, 5) is 2.30. The smallest absolute Gasteiger partial charge is 0.0427 e. The molecule has 0 spiro atoms. The zero-order chi connectivity index (χ0) is 14.8. The third-order valence-corrected chi connectivity index (χ3v) is 4.89. The fraction of sp³-hybridized carbons (Fsp3) is 0.600. The zero-order valence-electron chi connectivity index (χ0n) is 12.4. The van der Waals surface area contributed by atoms with Crippen molar-refractivity contribution in [2.24, 2.45) is 0 Å². The van der Waals surface area contributed by atoms with Crippen LogP contribution in [-0.4, -0.2) is 34.3 Å². The molecule has 0 atom stereocenters. The molecule has 0 saturated carbocycles. The summed E-state index contributed by atoms with van der Waals surface area (Å²) in [5, 5.41) is 4.27. The van der Waals surface area contributed by atoms with Crippen LogP contribution in [0.2, 0.25) is 5.02 Å². The molecule has 1 aromatic carbocycles. The van der Waals surface area contributed by atoms with Crippen LogP contribution >= 0.6 is 11.6 Å². The Balaban J connectivity index is 2.17. The van der Waals surface area contributed by atoms with E-state index in [0.29, 0.717) is 0 Å². The van der Waals surface area contributed by atoms with E-state index < -0.39 is 10.8 Å². The first kappa shape index (κ1) is 15.8. The maximum absolute atomic E-state index is 11.5. The van der Waals surface area contributed by atoms with Crippen LogP contribution in [0.25, 0.3) is 0 Å². The molecule has 1 fully saturated rings. The lowest BCUT2D eigenvalue weighted by Crippen LogP contribution is -2.39. The summed E-state index contributed by atoms with van der Waals surface area (Å²) in [6.45, 7) is 8.98. The first-order chi connectivity index (χ1) is 9.35. The number of hydrogen-bond donors (Lipinski definition) is 1. The van der Waals surface area contributed by atoms with E-state index in [9.17, 15) is 4.21 Å². The van der Waals surface area contributed by atoms with E-state index >= 15 is 0 Å². The van der Waals surface area contributed by atoms with Crippen molar-refractivity contribution in [2.45, 2.75) is 32.9 Å². The number of nitrogens with one attached hydrogen (secondary N) is 1. The van der Waals surface area contributed by atoms with Gasteiger partial charge in [0.05, 0.1) is 0 Å². The molecule has 0 aromatic heterocycles. The monoisotopic (exact) mass is 314 g/mol. The van der Waals surface area contributed by atoms with Crippen LogP contribution in [0, 0.1) is 0 Å². The maximum atomic E-state index is 11.5. The average Bonchev–Trinajstić information content (AvgIpc) is 2.37. The Morgan fingerprint density at radius 1 is 1.30 bits per heavy atom. The predicted molar refractivity (Wildman–Crippen MR) is 88.1 cm³/mol. The van der Waals surface area contributed by atoms with Crippen LogP contribution in [0.4, 0.5) is 5.69 Å². The first-order valence-corrected chi connectivity index (χ1v) is 8.85. The first-order valence-electron chi connectivity index (χ1n) is 6.98. The Hall–Kier alpha value is -0.580. The van der Waals surface area contributed by atoms with Crippen molar-refractivity contribution in [3.63, 3.8) is 0 Å². The van der Waals surface area contributed by atoms with E-state index in [1.165, 1.54) is 11.3 Å². The summed E-state index contributed by atoms with van der Waals surface area (Å²) in [5.41, 5.74) is 2.50. The van der Waals surface area contributed by atoms with Gasteiger partial charge in [-0.05, 0) is 38.5 Å². The van der Waals surface area contributed by atoms with Crippen molar-refractivity contribution in [3.8, 4) is 0 Å². The number of hydrogen-bond acceptors (Lipinski definition) is 3. The van der Waals surface area contributed by atoms with Gasteiger partial charge in [-0.25, -0.2) is 0 Å². The third kappa shape index (κ3) is 4.47. The van der Waals surface area contributed by atoms with Gasteiger partial charge in [0.25, 0.3) is 0 Å². The summed E-state index contributed by atoms with van der Waals surface area (Å²) in [7, 11) is -0.655. The molecule has 2 rings (SSSR count). The molecule has 3 nitrogen and oxygen atoms in total. The van der Waals surface area contributed by atoms with Crippen LogP contribution in [0.3, 0.4) is 0 Å². The van der Waals surface area contributed by atoms with Crippen LogP contribution in [0.1, 0.15) is 26.3 Å². The summed E-state index contributed by atoms with van der Waals surface area (Å²) in [5.74, 6) is 1.50. The fourth-order valence-electron chi connectivity index (χ4n) is 2.22. The van der Waals surface area contributed by atoms with E-state index in [1.54, 1.807) is 0 Å². The molecule has 5 heteroatoms. The molecule has 1 aromatic rings. The van der Waals surface area contributed by atoms with Gasteiger partial charge < -0.3 is 10.2 Å². The van der Waals surface area contributed by atoms with Gasteiger partial charge >= 0.3 is 0 Å². The predicted octanol–water partition coefficient (Wildman–Crippen LogP) is 2.80. The van der Waals surface area contributed by atoms with Crippen molar-refractivity contribution in [1.29, 1.82) is 0 Å². The van der Waals surface area contributed by atoms with Gasteiger partial charge in [-0.3, -0.25) is 4.21 Å². The molecule has 0 amide bonds. The highest BCUT2D eigenvalue weighted by Crippen LogP contribution is 2.26. The highest BCUT2D eigenvalue weighted by Gasteiger charge is 2.19. The van der Waals surface area contributed by atoms with E-state index in [1.807, 2.05) is 12.1 Å². The molecule has 1 aliphatic rings. The van der Waals surface area contributed by atoms with Crippen molar-refractivity contribution in [3.05, 3.63) is 28.8 Å².